The van der Waals surface area contributed by atoms with Gasteiger partial charge in [0.2, 0.25) is 11.5 Å². The van der Waals surface area contributed by atoms with E-state index in [9.17, 15) is 4.79 Å². The Hall–Kier alpha value is -3.69. The third-order valence-corrected chi connectivity index (χ3v) is 5.41. The first kappa shape index (κ1) is 18.3. The van der Waals surface area contributed by atoms with E-state index in [0.717, 1.165) is 54.6 Å². The molecule has 5 rings (SSSR count). The minimum Gasteiger partial charge on any atom is -0.491 e. The number of carbonyl (C=O) groups is 1. The Bertz CT molecular complexity index is 1210. The van der Waals surface area contributed by atoms with Crippen LogP contribution in [-0.2, 0) is 11.3 Å². The van der Waals surface area contributed by atoms with E-state index in [1.807, 2.05) is 18.2 Å². The van der Waals surface area contributed by atoms with Gasteiger partial charge < -0.3 is 25.3 Å². The molecule has 5 N–H and O–H groups in total. The largest absolute Gasteiger partial charge is 0.491 e. The summed E-state index contributed by atoms with van der Waals surface area (Å²) < 4.78 is 8.10. The standard InChI is InChI=1S/C20H22N8O2/c21-10-24-20-23-5-4-13(27-20)19-26-14-8-12(25-16(18(22)29)11-2-3-11)9-15-17(14)28(19)6-1-7-30-15/h4-5,8-11,16,25H,1-3,6-7H2,(H2,22,29)(H2,21,23,24,27). The minimum atomic E-state index is -0.390. The summed E-state index contributed by atoms with van der Waals surface area (Å²) in [5.74, 6) is 1.37. The number of aromatic amines is 1. The van der Waals surface area contributed by atoms with Crippen LogP contribution in [0.25, 0.3) is 22.6 Å². The number of H-pyrrole nitrogens is 1. The van der Waals surface area contributed by atoms with Crippen LogP contribution in [0.3, 0.4) is 0 Å². The molecule has 3 aromatic rings. The molecule has 3 heterocycles. The number of imidazole rings is 1. The van der Waals surface area contributed by atoms with Crippen molar-refractivity contribution in [2.24, 2.45) is 16.6 Å². The number of carbonyl (C=O) groups excluding carboxylic acids is 1. The van der Waals surface area contributed by atoms with E-state index >= 15 is 0 Å². The molecule has 1 amide bonds. The molecule has 1 aromatic carbocycles. The first-order chi connectivity index (χ1) is 14.6. The van der Waals surface area contributed by atoms with Crippen LogP contribution in [0.2, 0.25) is 0 Å². The van der Waals surface area contributed by atoms with Crippen molar-refractivity contribution < 1.29 is 9.53 Å². The predicted octanol–water partition coefficient (Wildman–Crippen LogP) is 1.39. The van der Waals surface area contributed by atoms with Crippen molar-refractivity contribution in [3.63, 3.8) is 0 Å². The topological polar surface area (TPSA) is 147 Å². The minimum absolute atomic E-state index is 0.284. The number of aryl methyl sites for hydroxylation is 1. The number of amides is 1. The molecule has 30 heavy (non-hydrogen) atoms. The Labute approximate surface area is 171 Å². The van der Waals surface area contributed by atoms with Crippen LogP contribution >= 0.6 is 0 Å². The van der Waals surface area contributed by atoms with E-state index in [-0.39, 0.29) is 11.8 Å². The molecular formula is C20H22N8O2. The molecule has 1 unspecified atom stereocenters. The average molecular weight is 406 g/mol. The van der Waals surface area contributed by atoms with Gasteiger partial charge in [0.15, 0.2) is 5.82 Å². The molecule has 1 aliphatic carbocycles. The molecule has 0 bridgehead atoms. The molecule has 0 radical (unpaired) electrons. The second-order valence-electron chi connectivity index (χ2n) is 7.55. The Morgan fingerprint density at radius 2 is 2.30 bits per heavy atom. The highest BCUT2D eigenvalue weighted by atomic mass is 16.5. The Morgan fingerprint density at radius 3 is 3.07 bits per heavy atom. The summed E-state index contributed by atoms with van der Waals surface area (Å²) in [4.78, 5) is 28.0. The third kappa shape index (κ3) is 3.30. The van der Waals surface area contributed by atoms with Crippen molar-refractivity contribution in [3.8, 4) is 17.3 Å². The highest BCUT2D eigenvalue weighted by molar-refractivity contribution is 5.91. The molecule has 1 aliphatic heterocycles. The molecule has 2 aromatic heterocycles. The van der Waals surface area contributed by atoms with Crippen LogP contribution in [0, 0.1) is 11.3 Å². The van der Waals surface area contributed by atoms with E-state index in [4.69, 9.17) is 20.9 Å². The van der Waals surface area contributed by atoms with Crippen LogP contribution in [0.4, 0.5) is 5.69 Å². The maximum absolute atomic E-state index is 11.9. The van der Waals surface area contributed by atoms with Crippen LogP contribution in [0.15, 0.2) is 29.4 Å². The number of benzene rings is 1. The zero-order valence-corrected chi connectivity index (χ0v) is 16.3. The number of nitrogens with one attached hydrogen (secondary N) is 3. The van der Waals surface area contributed by atoms with Crippen LogP contribution < -0.4 is 21.4 Å². The molecule has 0 saturated heterocycles. The highest BCUT2D eigenvalue weighted by Gasteiger charge is 2.35. The van der Waals surface area contributed by atoms with E-state index < -0.39 is 6.04 Å². The summed E-state index contributed by atoms with van der Waals surface area (Å²) in [5, 5.41) is 10.4. The molecule has 10 heteroatoms. The van der Waals surface area contributed by atoms with Gasteiger partial charge in [-0.2, -0.15) is 0 Å². The number of primary amides is 1. The van der Waals surface area contributed by atoms with Crippen molar-refractivity contribution in [1.29, 1.82) is 5.41 Å². The molecule has 1 atom stereocenters. The van der Waals surface area contributed by atoms with E-state index in [0.29, 0.717) is 23.7 Å². The number of nitrogens with two attached hydrogens (primary N) is 1. The van der Waals surface area contributed by atoms with E-state index in [1.165, 1.54) is 0 Å². The quantitative estimate of drug-likeness (QED) is 0.361. The summed E-state index contributed by atoms with van der Waals surface area (Å²) >= 11 is 0. The second-order valence-corrected chi connectivity index (χ2v) is 7.55. The normalized spacial score (nSPS) is 17.3. The molecular weight excluding hydrogens is 384 g/mol. The van der Waals surface area contributed by atoms with Crippen LogP contribution in [0.1, 0.15) is 19.3 Å². The number of hydrogen-bond donors (Lipinski definition) is 4. The molecule has 154 valence electrons. The maximum atomic E-state index is 11.9. The van der Waals surface area contributed by atoms with Crippen molar-refractivity contribution in [2.45, 2.75) is 31.8 Å². The monoisotopic (exact) mass is 406 g/mol. The van der Waals surface area contributed by atoms with Gasteiger partial charge in [0.1, 0.15) is 29.3 Å². The van der Waals surface area contributed by atoms with Gasteiger partial charge in [0, 0.05) is 24.5 Å². The zero-order valence-electron chi connectivity index (χ0n) is 16.3. The first-order valence-electron chi connectivity index (χ1n) is 9.96. The van der Waals surface area contributed by atoms with Gasteiger partial charge in [-0.25, -0.2) is 15.0 Å². The molecule has 1 fully saturated rings. The predicted molar refractivity (Wildman–Crippen MR) is 111 cm³/mol. The lowest BCUT2D eigenvalue weighted by Gasteiger charge is -2.17. The molecule has 0 spiro atoms. The van der Waals surface area contributed by atoms with Crippen LogP contribution in [-0.4, -0.2) is 44.4 Å². The van der Waals surface area contributed by atoms with Gasteiger partial charge in [-0.05, 0) is 37.3 Å². The summed E-state index contributed by atoms with van der Waals surface area (Å²) in [6.45, 7) is 1.33. The summed E-state index contributed by atoms with van der Waals surface area (Å²) in [6.07, 6.45) is 5.51. The Kier molecular flexibility index (Phi) is 4.46. The van der Waals surface area contributed by atoms with Gasteiger partial charge in [-0.3, -0.25) is 10.2 Å². The number of ether oxygens (including phenoxy) is 1. The Balaban J connectivity index is 1.63. The van der Waals surface area contributed by atoms with E-state index in [2.05, 4.69) is 24.8 Å². The molecule has 10 nitrogen and oxygen atoms in total. The molecule has 1 saturated carbocycles. The number of rotatable bonds is 6. The molecule has 2 aliphatic rings. The lowest BCUT2D eigenvalue weighted by molar-refractivity contribution is -0.119. The van der Waals surface area contributed by atoms with Crippen molar-refractivity contribution >= 4 is 29.0 Å². The zero-order chi connectivity index (χ0) is 20.7. The highest BCUT2D eigenvalue weighted by Crippen LogP contribution is 2.38. The number of aromatic nitrogens is 4. The van der Waals surface area contributed by atoms with Gasteiger partial charge in [0.25, 0.3) is 0 Å². The van der Waals surface area contributed by atoms with E-state index in [1.54, 1.807) is 6.20 Å². The fourth-order valence-electron chi connectivity index (χ4n) is 3.90. The number of nitrogens with zero attached hydrogens (tertiary/aromatic N) is 4. The first-order valence-corrected chi connectivity index (χ1v) is 9.96. The summed E-state index contributed by atoms with van der Waals surface area (Å²) in [7, 11) is 0. The van der Waals surface area contributed by atoms with Gasteiger partial charge >= 0.3 is 0 Å². The van der Waals surface area contributed by atoms with Crippen LogP contribution in [0.5, 0.6) is 5.75 Å². The van der Waals surface area contributed by atoms with Crippen molar-refractivity contribution in [2.75, 3.05) is 11.9 Å². The summed E-state index contributed by atoms with van der Waals surface area (Å²) in [5.41, 5.74) is 9.01. The second kappa shape index (κ2) is 7.29. The van der Waals surface area contributed by atoms with Gasteiger partial charge in [0.05, 0.1) is 12.1 Å². The van der Waals surface area contributed by atoms with Crippen molar-refractivity contribution in [3.05, 3.63) is 30.0 Å². The van der Waals surface area contributed by atoms with Gasteiger partial charge in [-0.1, -0.05) is 0 Å². The van der Waals surface area contributed by atoms with Gasteiger partial charge in [-0.15, -0.1) is 0 Å². The summed E-state index contributed by atoms with van der Waals surface area (Å²) in [6, 6.07) is 5.27. The van der Waals surface area contributed by atoms with Crippen molar-refractivity contribution in [1.82, 2.24) is 19.5 Å². The maximum Gasteiger partial charge on any atom is 0.240 e. The lowest BCUT2D eigenvalue weighted by atomic mass is 10.1. The fourth-order valence-corrected chi connectivity index (χ4v) is 3.90. The third-order valence-electron chi connectivity index (χ3n) is 5.41. The average Bonchev–Trinajstić information content (AvgIpc) is 3.53. The number of anilines is 1. The SMILES string of the molecule is N=C/N=c1/nc(-c2nc3cc(NC(C(N)=O)C4CC4)cc4c3n2CCCO4)cc[nH]1. The number of hydrogen-bond acceptors (Lipinski definition) is 6. The smallest absolute Gasteiger partial charge is 0.240 e. The Morgan fingerprint density at radius 1 is 1.43 bits per heavy atom. The fraction of sp³-hybridized carbons (Fsp3) is 0.350. The lowest BCUT2D eigenvalue weighted by Crippen LogP contribution is -2.37.